The molecular weight excluding hydrogens is 351 g/mol. The van der Waals surface area contributed by atoms with Crippen LogP contribution in [0.1, 0.15) is 6.42 Å². The summed E-state index contributed by atoms with van der Waals surface area (Å²) in [4.78, 5) is 0. The molecule has 0 fully saturated rings. The fourth-order valence-electron chi connectivity index (χ4n) is 1.70. The van der Waals surface area contributed by atoms with Crippen LogP contribution in [-0.4, -0.2) is 30.2 Å². The molecule has 2 aromatic rings. The van der Waals surface area contributed by atoms with Crippen LogP contribution in [-0.2, 0) is 16.4 Å². The highest BCUT2D eigenvalue weighted by Crippen LogP contribution is 2.17. The molecule has 1 heterocycles. The van der Waals surface area contributed by atoms with Crippen LogP contribution in [0.15, 0.2) is 24.4 Å². The van der Waals surface area contributed by atoms with Crippen LogP contribution in [0.4, 0.5) is 0 Å². The predicted molar refractivity (Wildman–Crippen MR) is 76.8 cm³/mol. The Bertz CT molecular complexity index is 634. The number of hydrogen-bond acceptors (Lipinski definition) is 3. The summed E-state index contributed by atoms with van der Waals surface area (Å²) in [5, 5.41) is 5.36. The molecule has 0 aliphatic heterocycles. The first kappa shape index (κ1) is 12.8. The Morgan fingerprint density at radius 1 is 1.41 bits per heavy atom. The van der Waals surface area contributed by atoms with Gasteiger partial charge in [0.05, 0.1) is 17.5 Å². The molecule has 2 rings (SSSR count). The standard InChI is InChI=1S/C11H13IN2O2S/c1-17(15,16)6-2-5-14-11-7-10(12)4-3-9(11)8-13-14/h3-4,7-8H,2,5-6H2,1H3. The van der Waals surface area contributed by atoms with E-state index in [1.54, 1.807) is 0 Å². The van der Waals surface area contributed by atoms with Crippen molar-refractivity contribution in [3.05, 3.63) is 28.0 Å². The van der Waals surface area contributed by atoms with Crippen molar-refractivity contribution in [2.75, 3.05) is 12.0 Å². The van der Waals surface area contributed by atoms with Crippen molar-refractivity contribution in [1.29, 1.82) is 0 Å². The zero-order valence-corrected chi connectivity index (χ0v) is 12.4. The molecule has 6 heteroatoms. The second-order valence-electron chi connectivity index (χ2n) is 4.05. The first-order chi connectivity index (χ1) is 7.96. The molecule has 4 nitrogen and oxygen atoms in total. The zero-order valence-electron chi connectivity index (χ0n) is 9.43. The average molecular weight is 364 g/mol. The van der Waals surface area contributed by atoms with Gasteiger partial charge in [0.25, 0.3) is 0 Å². The molecule has 17 heavy (non-hydrogen) atoms. The van der Waals surface area contributed by atoms with E-state index in [4.69, 9.17) is 0 Å². The quantitative estimate of drug-likeness (QED) is 0.781. The van der Waals surface area contributed by atoms with Crippen LogP contribution in [0.2, 0.25) is 0 Å². The second-order valence-corrected chi connectivity index (χ2v) is 7.56. The SMILES string of the molecule is CS(=O)(=O)CCCn1ncc2ccc(I)cc21. The van der Waals surface area contributed by atoms with Crippen LogP contribution >= 0.6 is 22.6 Å². The Hall–Kier alpha value is -0.630. The molecule has 0 spiro atoms. The number of sulfone groups is 1. The Balaban J connectivity index is 2.16. The van der Waals surface area contributed by atoms with Crippen LogP contribution in [0.3, 0.4) is 0 Å². The van der Waals surface area contributed by atoms with Gasteiger partial charge in [-0.3, -0.25) is 4.68 Å². The smallest absolute Gasteiger partial charge is 0.147 e. The molecule has 0 saturated carbocycles. The summed E-state index contributed by atoms with van der Waals surface area (Å²) in [6.45, 7) is 0.636. The lowest BCUT2D eigenvalue weighted by Gasteiger charge is -2.03. The third-order valence-electron chi connectivity index (χ3n) is 2.49. The minimum atomic E-state index is -2.88. The topological polar surface area (TPSA) is 52.0 Å². The molecule has 0 aliphatic carbocycles. The van der Waals surface area contributed by atoms with Crippen LogP contribution in [0.5, 0.6) is 0 Å². The van der Waals surface area contributed by atoms with Gasteiger partial charge >= 0.3 is 0 Å². The van der Waals surface area contributed by atoms with E-state index in [1.807, 2.05) is 23.0 Å². The van der Waals surface area contributed by atoms with Crippen molar-refractivity contribution in [3.8, 4) is 0 Å². The van der Waals surface area contributed by atoms with Crippen molar-refractivity contribution >= 4 is 43.3 Å². The van der Waals surface area contributed by atoms with E-state index >= 15 is 0 Å². The Morgan fingerprint density at radius 3 is 2.88 bits per heavy atom. The summed E-state index contributed by atoms with van der Waals surface area (Å²) < 4.78 is 25.1. The Labute approximate surface area is 114 Å². The zero-order chi connectivity index (χ0) is 12.5. The highest BCUT2D eigenvalue weighted by Gasteiger charge is 2.05. The van der Waals surface area contributed by atoms with Crippen molar-refractivity contribution in [3.63, 3.8) is 0 Å². The number of fused-ring (bicyclic) bond motifs is 1. The number of aromatic nitrogens is 2. The van der Waals surface area contributed by atoms with Gasteiger partial charge < -0.3 is 0 Å². The molecule has 0 bridgehead atoms. The van der Waals surface area contributed by atoms with Crippen LogP contribution < -0.4 is 0 Å². The minimum Gasteiger partial charge on any atom is -0.265 e. The van der Waals surface area contributed by atoms with Crippen molar-refractivity contribution in [2.45, 2.75) is 13.0 Å². The van der Waals surface area contributed by atoms with Crippen LogP contribution in [0, 0.1) is 3.57 Å². The van der Waals surface area contributed by atoms with E-state index in [1.165, 1.54) is 6.26 Å². The van der Waals surface area contributed by atoms with E-state index < -0.39 is 9.84 Å². The molecule has 0 amide bonds. The molecule has 0 unspecified atom stereocenters. The van der Waals surface area contributed by atoms with Crippen molar-refractivity contribution < 1.29 is 8.42 Å². The molecule has 0 atom stereocenters. The van der Waals surface area contributed by atoms with Crippen molar-refractivity contribution in [1.82, 2.24) is 9.78 Å². The highest BCUT2D eigenvalue weighted by atomic mass is 127. The van der Waals surface area contributed by atoms with E-state index in [2.05, 4.69) is 33.8 Å². The summed E-state index contributed by atoms with van der Waals surface area (Å²) in [6.07, 6.45) is 3.67. The van der Waals surface area contributed by atoms with Gasteiger partial charge in [0.1, 0.15) is 9.84 Å². The first-order valence-corrected chi connectivity index (χ1v) is 8.38. The summed E-state index contributed by atoms with van der Waals surface area (Å²) in [5.74, 6) is 0.207. The van der Waals surface area contributed by atoms with Gasteiger partial charge in [-0.1, -0.05) is 6.07 Å². The second kappa shape index (κ2) is 4.93. The summed E-state index contributed by atoms with van der Waals surface area (Å²) in [6, 6.07) is 6.12. The number of aryl methyl sites for hydroxylation is 1. The van der Waals surface area contributed by atoms with Gasteiger partial charge in [0, 0.05) is 21.8 Å². The maximum atomic E-state index is 11.0. The number of nitrogens with zero attached hydrogens (tertiary/aromatic N) is 2. The highest BCUT2D eigenvalue weighted by molar-refractivity contribution is 14.1. The molecule has 1 aromatic carbocycles. The molecule has 0 radical (unpaired) electrons. The van der Waals surface area contributed by atoms with E-state index in [0.717, 1.165) is 14.5 Å². The monoisotopic (exact) mass is 364 g/mol. The van der Waals surface area contributed by atoms with E-state index in [0.29, 0.717) is 13.0 Å². The lowest BCUT2D eigenvalue weighted by Crippen LogP contribution is -2.08. The van der Waals surface area contributed by atoms with Gasteiger partial charge in [-0.25, -0.2) is 8.42 Å². The molecule has 1 aromatic heterocycles. The fourth-order valence-corrected chi connectivity index (χ4v) is 2.83. The molecule has 0 saturated heterocycles. The van der Waals surface area contributed by atoms with E-state index in [-0.39, 0.29) is 5.75 Å². The van der Waals surface area contributed by atoms with E-state index in [9.17, 15) is 8.42 Å². The van der Waals surface area contributed by atoms with Gasteiger partial charge in [-0.05, 0) is 41.1 Å². The molecular formula is C11H13IN2O2S. The number of hydrogen-bond donors (Lipinski definition) is 0. The maximum Gasteiger partial charge on any atom is 0.147 e. The lowest BCUT2D eigenvalue weighted by atomic mass is 10.2. The number of benzene rings is 1. The van der Waals surface area contributed by atoms with Gasteiger partial charge in [-0.2, -0.15) is 5.10 Å². The maximum absolute atomic E-state index is 11.0. The van der Waals surface area contributed by atoms with Crippen molar-refractivity contribution in [2.24, 2.45) is 0 Å². The van der Waals surface area contributed by atoms with Crippen LogP contribution in [0.25, 0.3) is 10.9 Å². The number of halogens is 1. The normalized spacial score (nSPS) is 12.1. The largest absolute Gasteiger partial charge is 0.265 e. The third-order valence-corrected chi connectivity index (χ3v) is 4.19. The lowest BCUT2D eigenvalue weighted by molar-refractivity contribution is 0.583. The number of rotatable bonds is 4. The third kappa shape index (κ3) is 3.41. The fraction of sp³-hybridized carbons (Fsp3) is 0.364. The van der Waals surface area contributed by atoms with Gasteiger partial charge in [0.2, 0.25) is 0 Å². The molecule has 0 N–H and O–H groups in total. The Kier molecular flexibility index (Phi) is 3.72. The summed E-state index contributed by atoms with van der Waals surface area (Å²) >= 11 is 2.26. The summed E-state index contributed by atoms with van der Waals surface area (Å²) in [5.41, 5.74) is 1.06. The minimum absolute atomic E-state index is 0.207. The summed E-state index contributed by atoms with van der Waals surface area (Å²) in [7, 11) is -2.88. The molecule has 0 aliphatic rings. The molecule has 92 valence electrons. The first-order valence-electron chi connectivity index (χ1n) is 5.24. The Morgan fingerprint density at radius 2 is 2.18 bits per heavy atom. The predicted octanol–water partition coefficient (Wildman–Crippen LogP) is 2.08. The van der Waals surface area contributed by atoms with Gasteiger partial charge in [-0.15, -0.1) is 0 Å². The van der Waals surface area contributed by atoms with Gasteiger partial charge in [0.15, 0.2) is 0 Å². The average Bonchev–Trinajstić information content (AvgIpc) is 2.59.